The van der Waals surface area contributed by atoms with Gasteiger partial charge in [-0.05, 0) is 39.0 Å². The van der Waals surface area contributed by atoms with Crippen LogP contribution in [0.15, 0.2) is 35.3 Å². The lowest BCUT2D eigenvalue weighted by atomic mass is 9.94. The molecule has 1 aliphatic carbocycles. The Hall–Kier alpha value is -1.84. The molecule has 0 saturated carbocycles. The van der Waals surface area contributed by atoms with Crippen molar-refractivity contribution in [1.82, 2.24) is 0 Å². The zero-order valence-corrected chi connectivity index (χ0v) is 17.1. The zero-order valence-electron chi connectivity index (χ0n) is 17.1. The number of hydrogen-bond acceptors (Lipinski definition) is 4. The predicted molar refractivity (Wildman–Crippen MR) is 110 cm³/mol. The standard InChI is InChI=1S/C23H36O4/c1-3-5-6-7-8-9-10-11-12-13-14-15-16-17-19-22(25)20(24)18-21(23(19)26)27-4-2/h7-8,18,25H,3-6,9-17H2,1-2H3/b8-7-. The van der Waals surface area contributed by atoms with Gasteiger partial charge < -0.3 is 9.84 Å². The van der Waals surface area contributed by atoms with Crippen molar-refractivity contribution in [2.24, 2.45) is 0 Å². The first-order valence-corrected chi connectivity index (χ1v) is 10.6. The molecule has 1 aliphatic rings. The molecule has 0 fully saturated rings. The van der Waals surface area contributed by atoms with Crippen LogP contribution >= 0.6 is 0 Å². The number of allylic oxidation sites excluding steroid dienone is 4. The molecule has 0 heterocycles. The minimum absolute atomic E-state index is 0.0547. The Morgan fingerprint density at radius 1 is 0.889 bits per heavy atom. The summed E-state index contributed by atoms with van der Waals surface area (Å²) in [6.07, 6.45) is 19.0. The van der Waals surface area contributed by atoms with Gasteiger partial charge in [0.25, 0.3) is 0 Å². The molecule has 1 N–H and O–H groups in total. The molecular weight excluding hydrogens is 340 g/mol. The van der Waals surface area contributed by atoms with Gasteiger partial charge in [-0.1, -0.05) is 64.0 Å². The fourth-order valence-corrected chi connectivity index (χ4v) is 3.16. The molecule has 152 valence electrons. The first kappa shape index (κ1) is 23.2. The van der Waals surface area contributed by atoms with E-state index >= 15 is 0 Å². The van der Waals surface area contributed by atoms with Crippen LogP contribution in [0.2, 0.25) is 0 Å². The average molecular weight is 377 g/mol. The number of Topliss-reactive ketones (excluding diaryl/α,β-unsaturated/α-hetero) is 1. The van der Waals surface area contributed by atoms with Gasteiger partial charge in [-0.15, -0.1) is 0 Å². The van der Waals surface area contributed by atoms with Crippen molar-refractivity contribution in [2.75, 3.05) is 6.61 Å². The highest BCUT2D eigenvalue weighted by atomic mass is 16.5. The molecule has 0 radical (unpaired) electrons. The molecule has 0 saturated heterocycles. The fourth-order valence-electron chi connectivity index (χ4n) is 3.16. The number of ether oxygens (including phenoxy) is 1. The van der Waals surface area contributed by atoms with Crippen molar-refractivity contribution >= 4 is 11.6 Å². The Morgan fingerprint density at radius 3 is 2.11 bits per heavy atom. The van der Waals surface area contributed by atoms with Gasteiger partial charge in [0.2, 0.25) is 11.6 Å². The maximum atomic E-state index is 12.3. The second kappa shape index (κ2) is 14.2. The number of aliphatic hydroxyl groups is 1. The normalized spacial score (nSPS) is 15.0. The van der Waals surface area contributed by atoms with Gasteiger partial charge in [0.1, 0.15) is 0 Å². The van der Waals surface area contributed by atoms with Crippen molar-refractivity contribution in [3.8, 4) is 0 Å². The van der Waals surface area contributed by atoms with Crippen molar-refractivity contribution in [3.05, 3.63) is 35.3 Å². The second-order valence-electron chi connectivity index (χ2n) is 7.09. The highest BCUT2D eigenvalue weighted by Crippen LogP contribution is 2.23. The zero-order chi connectivity index (χ0) is 19.9. The van der Waals surface area contributed by atoms with Crippen LogP contribution in [0.5, 0.6) is 0 Å². The van der Waals surface area contributed by atoms with E-state index in [9.17, 15) is 14.7 Å². The topological polar surface area (TPSA) is 63.6 Å². The average Bonchev–Trinajstić information content (AvgIpc) is 2.66. The highest BCUT2D eigenvalue weighted by Gasteiger charge is 2.28. The molecular formula is C23H36O4. The molecule has 1 rings (SSSR count). The quantitative estimate of drug-likeness (QED) is 0.212. The van der Waals surface area contributed by atoms with E-state index in [1.807, 2.05) is 0 Å². The summed E-state index contributed by atoms with van der Waals surface area (Å²) in [5.74, 6) is -1.23. The predicted octanol–water partition coefficient (Wildman–Crippen LogP) is 6.13. The van der Waals surface area contributed by atoms with Crippen LogP contribution in [0, 0.1) is 0 Å². The van der Waals surface area contributed by atoms with E-state index in [2.05, 4.69) is 19.1 Å². The van der Waals surface area contributed by atoms with Crippen molar-refractivity contribution < 1.29 is 19.4 Å². The molecule has 0 unspecified atom stereocenters. The molecule has 0 aliphatic heterocycles. The SMILES string of the molecule is CCCC/C=C\CCCCCCCCCC1=C(O)C(=O)C=C(OCC)C1=O. The molecule has 27 heavy (non-hydrogen) atoms. The van der Waals surface area contributed by atoms with E-state index in [0.717, 1.165) is 25.3 Å². The number of rotatable bonds is 15. The molecule has 0 aromatic carbocycles. The molecule has 0 atom stereocenters. The number of aliphatic hydroxyl groups excluding tert-OH is 1. The Labute approximate surface area is 164 Å². The fraction of sp³-hybridized carbons (Fsp3) is 0.652. The molecule has 0 aromatic rings. The Balaban J connectivity index is 2.12. The minimum atomic E-state index is -0.531. The Morgan fingerprint density at radius 2 is 1.48 bits per heavy atom. The smallest absolute Gasteiger partial charge is 0.227 e. The summed E-state index contributed by atoms with van der Waals surface area (Å²) in [6.45, 7) is 4.31. The number of carbonyl (C=O) groups is 2. The summed E-state index contributed by atoms with van der Waals surface area (Å²) in [6, 6.07) is 0. The molecule has 0 bridgehead atoms. The van der Waals surface area contributed by atoms with E-state index in [0.29, 0.717) is 13.0 Å². The van der Waals surface area contributed by atoms with Gasteiger partial charge in [0.05, 0.1) is 6.61 Å². The van der Waals surface area contributed by atoms with Gasteiger partial charge in [0.15, 0.2) is 11.5 Å². The van der Waals surface area contributed by atoms with Gasteiger partial charge in [-0.25, -0.2) is 0 Å². The van der Waals surface area contributed by atoms with Crippen LogP contribution < -0.4 is 0 Å². The van der Waals surface area contributed by atoms with Crippen molar-refractivity contribution in [1.29, 1.82) is 0 Å². The third kappa shape index (κ3) is 9.07. The number of unbranched alkanes of at least 4 members (excludes halogenated alkanes) is 9. The third-order valence-corrected chi connectivity index (χ3v) is 4.77. The summed E-state index contributed by atoms with van der Waals surface area (Å²) >= 11 is 0. The maximum absolute atomic E-state index is 12.3. The third-order valence-electron chi connectivity index (χ3n) is 4.77. The molecule has 0 amide bonds. The van der Waals surface area contributed by atoms with Crippen LogP contribution in [-0.4, -0.2) is 23.3 Å². The van der Waals surface area contributed by atoms with E-state index in [1.165, 1.54) is 51.4 Å². The molecule has 0 spiro atoms. The summed E-state index contributed by atoms with van der Waals surface area (Å²) in [5, 5.41) is 9.89. The highest BCUT2D eigenvalue weighted by molar-refractivity contribution is 6.20. The van der Waals surface area contributed by atoms with Gasteiger partial charge in [-0.2, -0.15) is 0 Å². The van der Waals surface area contributed by atoms with Gasteiger partial charge in [0, 0.05) is 11.6 Å². The van der Waals surface area contributed by atoms with Gasteiger partial charge >= 0.3 is 0 Å². The number of carbonyl (C=O) groups excluding carboxylic acids is 2. The monoisotopic (exact) mass is 376 g/mol. The lowest BCUT2D eigenvalue weighted by molar-refractivity contribution is -0.120. The first-order chi connectivity index (χ1) is 13.1. The second-order valence-corrected chi connectivity index (χ2v) is 7.09. The lowest BCUT2D eigenvalue weighted by Crippen LogP contribution is -2.21. The van der Waals surface area contributed by atoms with Crippen LogP contribution in [0.25, 0.3) is 0 Å². The van der Waals surface area contributed by atoms with E-state index < -0.39 is 11.5 Å². The summed E-state index contributed by atoms with van der Waals surface area (Å²) in [4.78, 5) is 24.0. The van der Waals surface area contributed by atoms with Crippen LogP contribution in [0.3, 0.4) is 0 Å². The first-order valence-electron chi connectivity index (χ1n) is 10.6. The van der Waals surface area contributed by atoms with E-state index in [4.69, 9.17) is 4.74 Å². The van der Waals surface area contributed by atoms with Crippen LogP contribution in [0.4, 0.5) is 0 Å². The van der Waals surface area contributed by atoms with Crippen LogP contribution in [-0.2, 0) is 14.3 Å². The lowest BCUT2D eigenvalue weighted by Gasteiger charge is -2.15. The van der Waals surface area contributed by atoms with Crippen molar-refractivity contribution in [2.45, 2.75) is 90.9 Å². The van der Waals surface area contributed by atoms with Crippen molar-refractivity contribution in [3.63, 3.8) is 0 Å². The largest absolute Gasteiger partial charge is 0.504 e. The van der Waals surface area contributed by atoms with Gasteiger partial charge in [-0.3, -0.25) is 9.59 Å². The number of hydrogen-bond donors (Lipinski definition) is 1. The Kier molecular flexibility index (Phi) is 12.2. The molecule has 0 aromatic heterocycles. The molecule has 4 nitrogen and oxygen atoms in total. The summed E-state index contributed by atoms with van der Waals surface area (Å²) in [5.41, 5.74) is 0.209. The van der Waals surface area contributed by atoms with E-state index in [1.54, 1.807) is 6.92 Å². The molecule has 4 heteroatoms. The number of ketones is 2. The maximum Gasteiger partial charge on any atom is 0.227 e. The Bertz CT molecular complexity index is 555. The van der Waals surface area contributed by atoms with Crippen LogP contribution in [0.1, 0.15) is 90.9 Å². The summed E-state index contributed by atoms with van der Waals surface area (Å²) < 4.78 is 5.20. The minimum Gasteiger partial charge on any atom is -0.504 e. The summed E-state index contributed by atoms with van der Waals surface area (Å²) in [7, 11) is 0. The van der Waals surface area contributed by atoms with E-state index in [-0.39, 0.29) is 17.1 Å².